The average molecular weight is 686 g/mol. The van der Waals surface area contributed by atoms with Gasteiger partial charge in [-0.3, -0.25) is 4.57 Å². The normalized spacial score (nSPS) is 16.0. The second kappa shape index (κ2) is 10.9. The van der Waals surface area contributed by atoms with Gasteiger partial charge in [-0.1, -0.05) is 115 Å². The molecule has 0 saturated heterocycles. The van der Waals surface area contributed by atoms with Crippen molar-refractivity contribution < 1.29 is 25.0 Å². The molecule has 5 nitrogen and oxygen atoms in total. The zero-order chi connectivity index (χ0) is 46.5. The smallest absolute Gasteiger partial charge is 0.238 e. The molecule has 4 heterocycles. The Hall–Kier alpha value is -6.63. The molecule has 0 radical (unpaired) electrons. The number of aromatic nitrogens is 4. The second-order valence-electron chi connectivity index (χ2n) is 11.7. The molecule has 0 aliphatic carbocycles. The molecular formula is C45H26N4OS. The van der Waals surface area contributed by atoms with Gasteiger partial charge < -0.3 is 4.42 Å². The predicted molar refractivity (Wildman–Crippen MR) is 211 cm³/mol. The second-order valence-corrected chi connectivity index (χ2v) is 12.7. The van der Waals surface area contributed by atoms with Gasteiger partial charge in [0.15, 0.2) is 11.6 Å². The summed E-state index contributed by atoms with van der Waals surface area (Å²) in [6.07, 6.45) is 0. The van der Waals surface area contributed by atoms with E-state index in [2.05, 4.69) is 0 Å². The highest BCUT2D eigenvalue weighted by Gasteiger charge is 2.20. The minimum Gasteiger partial charge on any atom is -0.456 e. The van der Waals surface area contributed by atoms with E-state index >= 15 is 0 Å². The number of hydrogen-bond donors (Lipinski definition) is 0. The summed E-state index contributed by atoms with van der Waals surface area (Å²) in [5.41, 5.74) is 1.85. The van der Waals surface area contributed by atoms with Crippen molar-refractivity contribution in [3.63, 3.8) is 0 Å². The fraction of sp³-hybridized carbons (Fsp3) is 0. The molecule has 0 N–H and O–H groups in total. The van der Waals surface area contributed by atoms with Gasteiger partial charge in [0.1, 0.15) is 11.2 Å². The molecule has 11 aromatic rings. The lowest BCUT2D eigenvalue weighted by Crippen LogP contribution is -2.06. The van der Waals surface area contributed by atoms with E-state index in [-0.39, 0.29) is 95.4 Å². The summed E-state index contributed by atoms with van der Waals surface area (Å²) in [6.45, 7) is 0. The molecule has 0 bridgehead atoms. The van der Waals surface area contributed by atoms with Crippen LogP contribution in [0.1, 0.15) is 20.6 Å². The maximum absolute atomic E-state index is 9.74. The van der Waals surface area contributed by atoms with Gasteiger partial charge in [-0.25, -0.2) is 4.98 Å². The molecule has 0 aliphatic rings. The van der Waals surface area contributed by atoms with E-state index in [1.807, 2.05) is 0 Å². The number of hydrogen-bond acceptors (Lipinski definition) is 5. The van der Waals surface area contributed by atoms with Crippen LogP contribution in [0.4, 0.5) is 0 Å². The zero-order valence-electron chi connectivity index (χ0n) is 41.0. The maximum Gasteiger partial charge on any atom is 0.238 e. The Labute approximate surface area is 316 Å². The lowest BCUT2D eigenvalue weighted by molar-refractivity contribution is 0.669. The molecule has 51 heavy (non-hydrogen) atoms. The summed E-state index contributed by atoms with van der Waals surface area (Å²) < 4.78 is 139. The van der Waals surface area contributed by atoms with E-state index in [9.17, 15) is 4.11 Å². The van der Waals surface area contributed by atoms with Gasteiger partial charge in [0.2, 0.25) is 5.95 Å². The third-order valence-corrected chi connectivity index (χ3v) is 9.82. The van der Waals surface area contributed by atoms with Crippen molar-refractivity contribution in [1.82, 2.24) is 19.5 Å². The summed E-state index contributed by atoms with van der Waals surface area (Å²) >= 11 is 0.904. The van der Waals surface area contributed by atoms with Gasteiger partial charge in [0, 0.05) is 52.8 Å². The van der Waals surface area contributed by atoms with E-state index in [0.29, 0.717) is 38.6 Å². The highest BCUT2D eigenvalue weighted by atomic mass is 32.1. The summed E-state index contributed by atoms with van der Waals surface area (Å²) in [7, 11) is 0. The Balaban J connectivity index is 1.23. The first-order chi connectivity index (χ1) is 31.5. The van der Waals surface area contributed by atoms with Gasteiger partial charge >= 0.3 is 0 Å². The van der Waals surface area contributed by atoms with Crippen molar-refractivity contribution >= 4 is 75.3 Å². The SMILES string of the molecule is [2H]c1c([2H])c([2H])c(-c2cccc3oc4cc(-c5nc(-c6ccccc6)nc(-n6c7c([2H])c([2H])c([2H])c([2H])c7c7c([2H])c8c(sc9c([2H])c([2H])c([2H])c([2H])c98)c([2H])c76)n5)ccc4c23)c([2H])c1[2H]. The van der Waals surface area contributed by atoms with Crippen molar-refractivity contribution in [2.45, 2.75) is 0 Å². The van der Waals surface area contributed by atoms with Crippen molar-refractivity contribution in [3.05, 3.63) is 157 Å². The van der Waals surface area contributed by atoms with Crippen LogP contribution in [0.2, 0.25) is 0 Å². The summed E-state index contributed by atoms with van der Waals surface area (Å²) in [5, 5.41) is 0.956. The summed E-state index contributed by atoms with van der Waals surface area (Å²) in [6, 6.07) is 12.3. The predicted octanol–water partition coefficient (Wildman–Crippen LogP) is 12.2. The van der Waals surface area contributed by atoms with Crippen LogP contribution in [-0.4, -0.2) is 19.5 Å². The maximum atomic E-state index is 9.74. The molecule has 11 rings (SSSR count). The fourth-order valence-electron chi connectivity index (χ4n) is 6.56. The Kier molecular flexibility index (Phi) is 3.72. The first-order valence-corrected chi connectivity index (χ1v) is 16.5. The third-order valence-electron chi connectivity index (χ3n) is 8.80. The van der Waals surface area contributed by atoms with Crippen LogP contribution in [0, 0.1) is 0 Å². The first kappa shape index (κ1) is 17.3. The molecule has 0 aliphatic heterocycles. The van der Waals surface area contributed by atoms with Crippen LogP contribution in [0.25, 0.3) is 104 Å². The van der Waals surface area contributed by atoms with E-state index in [4.69, 9.17) is 35.8 Å². The minimum atomic E-state index is -0.593. The van der Waals surface area contributed by atoms with Gasteiger partial charge in [0.05, 0.1) is 31.6 Å². The van der Waals surface area contributed by atoms with E-state index in [1.165, 1.54) is 4.57 Å². The quantitative estimate of drug-likeness (QED) is 0.185. The van der Waals surface area contributed by atoms with Crippen LogP contribution in [0.15, 0.2) is 162 Å². The van der Waals surface area contributed by atoms with Crippen LogP contribution in [0.5, 0.6) is 0 Å². The van der Waals surface area contributed by atoms with Crippen molar-refractivity contribution in [1.29, 1.82) is 0 Å². The van der Waals surface area contributed by atoms with Gasteiger partial charge in [-0.15, -0.1) is 11.3 Å². The zero-order valence-corrected chi connectivity index (χ0v) is 26.8. The molecule has 4 aromatic heterocycles. The largest absolute Gasteiger partial charge is 0.456 e. The molecule has 0 atom stereocenters. The van der Waals surface area contributed by atoms with E-state index in [0.717, 1.165) is 11.3 Å². The molecule has 238 valence electrons. The van der Waals surface area contributed by atoms with Gasteiger partial charge in [-0.05, 0) is 53.5 Å². The highest BCUT2D eigenvalue weighted by molar-refractivity contribution is 7.25. The van der Waals surface area contributed by atoms with Crippen LogP contribution < -0.4 is 0 Å². The monoisotopic (exact) mass is 685 g/mol. The topological polar surface area (TPSA) is 56.7 Å². The minimum absolute atomic E-state index is 0.0113. The summed E-state index contributed by atoms with van der Waals surface area (Å²) in [4.78, 5) is 14.6. The van der Waals surface area contributed by atoms with Gasteiger partial charge in [0.25, 0.3) is 0 Å². The number of furan rings is 1. The van der Waals surface area contributed by atoms with E-state index < -0.39 is 60.4 Å². The summed E-state index contributed by atoms with van der Waals surface area (Å²) in [5.74, 6) is 0.0469. The molecule has 6 heteroatoms. The van der Waals surface area contributed by atoms with Crippen LogP contribution in [-0.2, 0) is 0 Å². The molecule has 7 aromatic carbocycles. The number of rotatable bonds is 4. The Bertz CT molecular complexity index is 3990. The van der Waals surface area contributed by atoms with Gasteiger partial charge in [-0.2, -0.15) is 9.97 Å². The van der Waals surface area contributed by atoms with Crippen LogP contribution >= 0.6 is 11.3 Å². The standard InChI is InChI=1S/C45H26N4OS/c1-3-12-27(13-4-1)30-18-11-20-38-42(30)33-23-22-29(24-39(33)50-38)44-46-43(28-14-5-2-6-15-28)47-45(48-44)49-36-19-9-7-16-31(36)34-25-35-32-17-8-10-21-40(32)51-41(35)26-37(34)49/h1-26H/i1D,3D,4D,7D,8D,9D,10D,12D,13D,16D,17D,19D,21D,25D,26D. The molecule has 0 spiro atoms. The Morgan fingerprint density at radius 3 is 2.20 bits per heavy atom. The number of thiophene rings is 1. The number of nitrogens with zero attached hydrogens (tertiary/aromatic N) is 4. The Morgan fingerprint density at radius 2 is 1.31 bits per heavy atom. The number of fused-ring (bicyclic) bond motifs is 9. The average Bonchev–Trinajstić information content (AvgIpc) is 4.03. The first-order valence-electron chi connectivity index (χ1n) is 23.2. The molecule has 0 amide bonds. The third kappa shape index (κ3) is 4.37. The molecule has 0 unspecified atom stereocenters. The fourth-order valence-corrected chi connectivity index (χ4v) is 7.53. The van der Waals surface area contributed by atoms with E-state index in [1.54, 1.807) is 66.7 Å². The lowest BCUT2D eigenvalue weighted by Gasteiger charge is -2.11. The van der Waals surface area contributed by atoms with Crippen LogP contribution in [0.3, 0.4) is 0 Å². The highest BCUT2D eigenvalue weighted by Crippen LogP contribution is 2.41. The lowest BCUT2D eigenvalue weighted by atomic mass is 9.99. The van der Waals surface area contributed by atoms with Crippen molar-refractivity contribution in [3.8, 4) is 39.9 Å². The molecular weight excluding hydrogens is 645 g/mol. The molecule has 0 saturated carbocycles. The number of para-hydroxylation sites is 1. The number of benzene rings is 7. The van der Waals surface area contributed by atoms with Crippen molar-refractivity contribution in [2.24, 2.45) is 0 Å². The van der Waals surface area contributed by atoms with Crippen molar-refractivity contribution in [2.75, 3.05) is 0 Å². The Morgan fingerprint density at radius 1 is 0.529 bits per heavy atom. The molecule has 0 fully saturated rings.